The number of benzene rings is 1. The van der Waals surface area contributed by atoms with Crippen LogP contribution in [0.2, 0.25) is 5.02 Å². The predicted molar refractivity (Wildman–Crippen MR) is 103 cm³/mol. The number of rotatable bonds is 8. The van der Waals surface area contributed by atoms with Gasteiger partial charge in [0.25, 0.3) is 0 Å². The highest BCUT2D eigenvalue weighted by Gasteiger charge is 2.27. The smallest absolute Gasteiger partial charge is 0.245 e. The van der Waals surface area contributed by atoms with Gasteiger partial charge in [-0.3, -0.25) is 9.59 Å². The quantitative estimate of drug-likeness (QED) is 0.754. The third kappa shape index (κ3) is 6.96. The van der Waals surface area contributed by atoms with Crippen LogP contribution in [0.3, 0.4) is 0 Å². The topological polar surface area (TPSA) is 58.6 Å². The molecule has 1 fully saturated rings. The molecule has 1 aliphatic heterocycles. The Hall–Kier alpha value is -1.59. The van der Waals surface area contributed by atoms with Gasteiger partial charge in [-0.25, -0.2) is 0 Å². The maximum Gasteiger partial charge on any atom is 0.245 e. The predicted octanol–water partition coefficient (Wildman–Crippen LogP) is 3.05. The fourth-order valence-corrected chi connectivity index (χ4v) is 3.19. The summed E-state index contributed by atoms with van der Waals surface area (Å²) in [6.45, 7) is 6.45. The molecule has 1 saturated heterocycles. The van der Waals surface area contributed by atoms with Crippen LogP contribution in [0.1, 0.15) is 38.7 Å². The van der Waals surface area contributed by atoms with Gasteiger partial charge in [-0.1, -0.05) is 37.6 Å². The van der Waals surface area contributed by atoms with Gasteiger partial charge in [-0.05, 0) is 42.9 Å². The summed E-state index contributed by atoms with van der Waals surface area (Å²) in [6.07, 6.45) is 2.62. The zero-order valence-electron chi connectivity index (χ0n) is 15.7. The largest absolute Gasteiger partial charge is 0.378 e. The molecule has 0 saturated carbocycles. The molecule has 0 aromatic heterocycles. The van der Waals surface area contributed by atoms with Crippen molar-refractivity contribution in [3.63, 3.8) is 0 Å². The highest BCUT2D eigenvalue weighted by atomic mass is 35.5. The van der Waals surface area contributed by atoms with Crippen LogP contribution in [0.25, 0.3) is 0 Å². The molecule has 1 N–H and O–H groups in total. The number of carbonyl (C=O) groups excluding carboxylic acids is 2. The normalized spacial score (nSPS) is 15.8. The van der Waals surface area contributed by atoms with Gasteiger partial charge in [0.05, 0.1) is 13.2 Å². The lowest BCUT2D eigenvalue weighted by Crippen LogP contribution is -2.52. The van der Waals surface area contributed by atoms with Crippen LogP contribution in [0.5, 0.6) is 0 Å². The Kier molecular flexibility index (Phi) is 8.39. The fraction of sp³-hybridized carbons (Fsp3) is 0.600. The second kappa shape index (κ2) is 10.5. The molecule has 6 heteroatoms. The summed E-state index contributed by atoms with van der Waals surface area (Å²) in [7, 11) is 0. The Balaban J connectivity index is 1.82. The first kappa shape index (κ1) is 20.7. The second-order valence-electron chi connectivity index (χ2n) is 7.17. The van der Waals surface area contributed by atoms with Gasteiger partial charge in [0, 0.05) is 24.5 Å². The third-order valence-electron chi connectivity index (χ3n) is 4.45. The summed E-state index contributed by atoms with van der Waals surface area (Å²) < 4.78 is 5.30. The van der Waals surface area contributed by atoms with Crippen molar-refractivity contribution in [2.75, 3.05) is 26.3 Å². The van der Waals surface area contributed by atoms with E-state index in [4.69, 9.17) is 16.3 Å². The first-order valence-electron chi connectivity index (χ1n) is 9.36. The summed E-state index contributed by atoms with van der Waals surface area (Å²) in [5, 5.41) is 3.66. The zero-order valence-corrected chi connectivity index (χ0v) is 16.4. The van der Waals surface area contributed by atoms with Crippen LogP contribution in [0, 0.1) is 5.92 Å². The molecule has 0 bridgehead atoms. The molecule has 144 valence electrons. The van der Waals surface area contributed by atoms with E-state index in [0.717, 1.165) is 18.4 Å². The fourth-order valence-electron chi connectivity index (χ4n) is 3.07. The maximum atomic E-state index is 12.7. The van der Waals surface area contributed by atoms with E-state index in [1.54, 1.807) is 4.90 Å². The van der Waals surface area contributed by atoms with Crippen molar-refractivity contribution >= 4 is 23.4 Å². The minimum Gasteiger partial charge on any atom is -0.378 e. The zero-order chi connectivity index (χ0) is 18.9. The van der Waals surface area contributed by atoms with Crippen LogP contribution < -0.4 is 5.32 Å². The molecule has 0 aliphatic carbocycles. The minimum atomic E-state index is -0.448. The molecular weight excluding hydrogens is 352 g/mol. The van der Waals surface area contributed by atoms with Crippen LogP contribution in [0.4, 0.5) is 0 Å². The van der Waals surface area contributed by atoms with Crippen molar-refractivity contribution in [1.29, 1.82) is 0 Å². The first-order valence-corrected chi connectivity index (χ1v) is 9.74. The van der Waals surface area contributed by atoms with E-state index >= 15 is 0 Å². The highest BCUT2D eigenvalue weighted by Crippen LogP contribution is 2.13. The van der Waals surface area contributed by atoms with Crippen molar-refractivity contribution < 1.29 is 14.3 Å². The standard InChI is InChI=1S/C20H29ClN2O3/c1-15(2)14-18(20(25)23-10-12-26-13-11-23)22-19(24)5-3-4-16-6-8-17(21)9-7-16/h6-9,15,18H,3-5,10-14H2,1-2H3,(H,22,24)/t18-/m1/s1. The van der Waals surface area contributed by atoms with Crippen molar-refractivity contribution in [1.82, 2.24) is 10.2 Å². The summed E-state index contributed by atoms with van der Waals surface area (Å²) in [4.78, 5) is 26.9. The summed E-state index contributed by atoms with van der Waals surface area (Å²) in [5.41, 5.74) is 1.16. The van der Waals surface area contributed by atoms with Crippen LogP contribution in [-0.2, 0) is 20.7 Å². The summed E-state index contributed by atoms with van der Waals surface area (Å²) in [6, 6.07) is 7.22. The maximum absolute atomic E-state index is 12.7. The molecule has 0 spiro atoms. The molecule has 0 radical (unpaired) electrons. The lowest BCUT2D eigenvalue weighted by Gasteiger charge is -2.31. The second-order valence-corrected chi connectivity index (χ2v) is 7.60. The van der Waals surface area contributed by atoms with Crippen LogP contribution >= 0.6 is 11.6 Å². The molecule has 1 aromatic rings. The summed E-state index contributed by atoms with van der Waals surface area (Å²) >= 11 is 5.88. The van der Waals surface area contributed by atoms with Gasteiger partial charge in [-0.2, -0.15) is 0 Å². The average molecular weight is 381 g/mol. The minimum absolute atomic E-state index is 0.00745. The molecule has 26 heavy (non-hydrogen) atoms. The van der Waals surface area contributed by atoms with Crippen LogP contribution in [0.15, 0.2) is 24.3 Å². The average Bonchev–Trinajstić information content (AvgIpc) is 2.62. The third-order valence-corrected chi connectivity index (χ3v) is 4.70. The van der Waals surface area contributed by atoms with Gasteiger partial charge in [0.2, 0.25) is 11.8 Å². The Labute approximate surface area is 161 Å². The molecule has 0 unspecified atom stereocenters. The lowest BCUT2D eigenvalue weighted by molar-refractivity contribution is -0.140. The first-order chi connectivity index (χ1) is 12.5. The molecule has 1 aliphatic rings. The van der Waals surface area contributed by atoms with Crippen molar-refractivity contribution in [3.05, 3.63) is 34.9 Å². The van der Waals surface area contributed by atoms with Crippen LogP contribution in [-0.4, -0.2) is 49.1 Å². The van der Waals surface area contributed by atoms with Gasteiger partial charge < -0.3 is 15.0 Å². The number of halogens is 1. The Morgan fingerprint density at radius 1 is 1.19 bits per heavy atom. The number of ether oxygens (including phenoxy) is 1. The molecule has 2 amide bonds. The number of hydrogen-bond acceptors (Lipinski definition) is 3. The number of carbonyl (C=O) groups is 2. The number of morpholine rings is 1. The highest BCUT2D eigenvalue weighted by molar-refractivity contribution is 6.30. The molecule has 1 atom stereocenters. The van der Waals surface area contributed by atoms with Gasteiger partial charge in [0.1, 0.15) is 6.04 Å². The number of hydrogen-bond donors (Lipinski definition) is 1. The van der Waals surface area contributed by atoms with E-state index in [1.807, 2.05) is 24.3 Å². The number of amides is 2. The monoisotopic (exact) mass is 380 g/mol. The SMILES string of the molecule is CC(C)C[C@@H](NC(=O)CCCc1ccc(Cl)cc1)C(=O)N1CCOCC1. The van der Waals surface area contributed by atoms with Crippen molar-refractivity contribution in [2.45, 2.75) is 45.6 Å². The molecular formula is C20H29ClN2O3. The van der Waals surface area contributed by atoms with Gasteiger partial charge >= 0.3 is 0 Å². The van der Waals surface area contributed by atoms with Gasteiger partial charge in [0.15, 0.2) is 0 Å². The van der Waals surface area contributed by atoms with Gasteiger partial charge in [-0.15, -0.1) is 0 Å². The molecule has 1 aromatic carbocycles. The number of aryl methyl sites for hydroxylation is 1. The van der Waals surface area contributed by atoms with E-state index in [1.165, 1.54) is 0 Å². The number of nitrogens with zero attached hydrogens (tertiary/aromatic N) is 1. The Morgan fingerprint density at radius 2 is 1.85 bits per heavy atom. The summed E-state index contributed by atoms with van der Waals surface area (Å²) in [5.74, 6) is 0.277. The van der Waals surface area contributed by atoms with E-state index in [9.17, 15) is 9.59 Å². The Bertz CT molecular complexity index is 583. The van der Waals surface area contributed by atoms with E-state index in [-0.39, 0.29) is 11.8 Å². The molecule has 1 heterocycles. The van der Waals surface area contributed by atoms with E-state index < -0.39 is 6.04 Å². The molecule has 5 nitrogen and oxygen atoms in total. The Morgan fingerprint density at radius 3 is 2.46 bits per heavy atom. The lowest BCUT2D eigenvalue weighted by atomic mass is 10.0. The molecule has 2 rings (SSSR count). The van der Waals surface area contributed by atoms with Crippen molar-refractivity contribution in [3.8, 4) is 0 Å². The number of nitrogens with one attached hydrogen (secondary N) is 1. The van der Waals surface area contributed by atoms with Crippen molar-refractivity contribution in [2.24, 2.45) is 5.92 Å². The van der Waals surface area contributed by atoms with E-state index in [0.29, 0.717) is 50.1 Å². The van der Waals surface area contributed by atoms with E-state index in [2.05, 4.69) is 19.2 Å².